The van der Waals surface area contributed by atoms with Gasteiger partial charge in [0.05, 0.1) is 28.4 Å². The van der Waals surface area contributed by atoms with Crippen molar-refractivity contribution in [2.75, 3.05) is 28.4 Å². The predicted molar refractivity (Wildman–Crippen MR) is 175 cm³/mol. The summed E-state index contributed by atoms with van der Waals surface area (Å²) in [6.45, 7) is 0. The van der Waals surface area contributed by atoms with E-state index in [1.54, 1.807) is 40.6 Å². The van der Waals surface area contributed by atoms with Crippen LogP contribution >= 0.6 is 7.82 Å². The van der Waals surface area contributed by atoms with Crippen molar-refractivity contribution in [3.8, 4) is 67.9 Å². The molecule has 0 aromatic heterocycles. The number of phosphoric ester groups is 1. The molecule has 6 aromatic rings. The maximum atomic E-state index is 13.9. The molecule has 0 amide bonds. The molecule has 0 unspecified atom stereocenters. The minimum absolute atomic E-state index is 0.208. The van der Waals surface area contributed by atoms with Crippen molar-refractivity contribution < 1.29 is 37.5 Å². The van der Waals surface area contributed by atoms with Gasteiger partial charge in [0, 0.05) is 34.4 Å². The van der Waals surface area contributed by atoms with E-state index in [1.807, 2.05) is 84.9 Å². The molecule has 45 heavy (non-hydrogen) atoms. The summed E-state index contributed by atoms with van der Waals surface area (Å²) in [4.78, 5) is 11.4. The molecule has 9 heteroatoms. The highest BCUT2D eigenvalue weighted by Crippen LogP contribution is 2.61. The monoisotopic (exact) mass is 620 g/mol. The zero-order chi connectivity index (χ0) is 31.3. The number of rotatable bonds is 6. The van der Waals surface area contributed by atoms with Crippen molar-refractivity contribution >= 4 is 29.4 Å². The zero-order valence-electron chi connectivity index (χ0n) is 25.0. The fourth-order valence-corrected chi connectivity index (χ4v) is 6.83. The third kappa shape index (κ3) is 4.98. The number of methoxy groups -OCH3 is 4. The smallest absolute Gasteiger partial charge is 0.497 e. The van der Waals surface area contributed by atoms with Gasteiger partial charge in [0.1, 0.15) is 34.5 Å². The Labute approximate surface area is 259 Å². The first kappa shape index (κ1) is 28.6. The van der Waals surface area contributed by atoms with Gasteiger partial charge in [-0.15, -0.1) is 0 Å². The quantitative estimate of drug-likeness (QED) is 0.185. The zero-order valence-corrected chi connectivity index (χ0v) is 25.9. The minimum Gasteiger partial charge on any atom is -0.497 e. The summed E-state index contributed by atoms with van der Waals surface area (Å²) in [5.74, 6) is 2.65. The van der Waals surface area contributed by atoms with Gasteiger partial charge in [-0.1, -0.05) is 48.5 Å². The van der Waals surface area contributed by atoms with Gasteiger partial charge >= 0.3 is 7.82 Å². The number of ether oxygens (including phenoxy) is 4. The van der Waals surface area contributed by atoms with Crippen LogP contribution in [0.15, 0.2) is 97.1 Å². The summed E-state index contributed by atoms with van der Waals surface area (Å²) < 4.78 is 48.3. The largest absolute Gasteiger partial charge is 0.584 e. The summed E-state index contributed by atoms with van der Waals surface area (Å²) in [5.41, 5.74) is 3.75. The highest BCUT2D eigenvalue weighted by atomic mass is 31.2. The third-order valence-corrected chi connectivity index (χ3v) is 8.82. The minimum atomic E-state index is -4.75. The fourth-order valence-electron chi connectivity index (χ4n) is 5.95. The van der Waals surface area contributed by atoms with E-state index < -0.39 is 7.82 Å². The maximum absolute atomic E-state index is 13.9. The first-order chi connectivity index (χ1) is 21.8. The Hall–Kier alpha value is -5.17. The van der Waals surface area contributed by atoms with Crippen LogP contribution in [0.2, 0.25) is 0 Å². The van der Waals surface area contributed by atoms with Gasteiger partial charge in [0.25, 0.3) is 0 Å². The van der Waals surface area contributed by atoms with E-state index in [0.717, 1.165) is 21.5 Å². The van der Waals surface area contributed by atoms with E-state index in [-0.39, 0.29) is 11.5 Å². The van der Waals surface area contributed by atoms with Crippen LogP contribution in [-0.4, -0.2) is 33.3 Å². The number of phosphoric acid groups is 1. The number of fused-ring (bicyclic) bond motifs is 7. The van der Waals surface area contributed by atoms with Crippen LogP contribution < -0.4 is 28.0 Å². The van der Waals surface area contributed by atoms with Gasteiger partial charge < -0.3 is 28.0 Å². The number of benzene rings is 6. The SMILES string of the molecule is COc1cc(OC)cc(-c2cc3ccccc3c3c2OP(=O)(O)Oc2c(-c4cc(OC)cc(OC)c4)cc4ccccc4c2-3)c1. The molecule has 1 heterocycles. The van der Waals surface area contributed by atoms with E-state index in [1.165, 1.54) is 0 Å². The molecule has 1 N–H and O–H groups in total. The second kappa shape index (κ2) is 11.1. The van der Waals surface area contributed by atoms with Gasteiger partial charge in [-0.05, 0) is 69.1 Å². The molecule has 0 saturated carbocycles. The van der Waals surface area contributed by atoms with Crippen molar-refractivity contribution in [2.24, 2.45) is 0 Å². The van der Waals surface area contributed by atoms with Gasteiger partial charge in [-0.2, -0.15) is 0 Å². The molecule has 0 aliphatic carbocycles. The van der Waals surface area contributed by atoms with Crippen LogP contribution in [0.25, 0.3) is 54.9 Å². The average Bonchev–Trinajstić information content (AvgIpc) is 3.20. The van der Waals surface area contributed by atoms with Crippen LogP contribution in [0.3, 0.4) is 0 Å². The summed E-state index contributed by atoms with van der Waals surface area (Å²) >= 11 is 0. The first-order valence-corrected chi connectivity index (χ1v) is 15.6. The van der Waals surface area contributed by atoms with Crippen molar-refractivity contribution in [1.82, 2.24) is 0 Å². The van der Waals surface area contributed by atoms with E-state index >= 15 is 0 Å². The molecule has 8 nitrogen and oxygen atoms in total. The number of hydrogen-bond donors (Lipinski definition) is 1. The normalized spacial score (nSPS) is 13.2. The predicted octanol–water partition coefficient (Wildman–Crippen LogP) is 8.90. The Morgan fingerprint density at radius 3 is 1.24 bits per heavy atom. The molecule has 0 fully saturated rings. The molecular weight excluding hydrogens is 591 g/mol. The molecule has 6 aromatic carbocycles. The highest BCUT2D eigenvalue weighted by molar-refractivity contribution is 7.48. The Kier molecular flexibility index (Phi) is 7.04. The standard InChI is InChI=1S/C36H29O8P/c1-39-25-13-23(14-26(19-25)40-2)31-17-21-9-5-7-11-29(21)33-34-30-12-8-6-10-22(30)18-32(36(34)44-45(37,38)43-35(31)33)24-15-27(41-3)20-28(16-24)42-4/h5-20H,1-4H3,(H,37,38). The molecule has 1 aliphatic rings. The lowest BCUT2D eigenvalue weighted by Crippen LogP contribution is -2.00. The molecular formula is C36H29O8P. The summed E-state index contributed by atoms with van der Waals surface area (Å²) in [6, 6.07) is 30.5. The van der Waals surface area contributed by atoms with E-state index in [0.29, 0.717) is 56.4 Å². The van der Waals surface area contributed by atoms with Crippen molar-refractivity contribution in [3.05, 3.63) is 97.1 Å². The molecule has 1 aliphatic heterocycles. The van der Waals surface area contributed by atoms with Gasteiger partial charge in [0.2, 0.25) is 0 Å². The molecule has 0 spiro atoms. The van der Waals surface area contributed by atoms with Crippen molar-refractivity contribution in [3.63, 3.8) is 0 Å². The van der Waals surface area contributed by atoms with Crippen LogP contribution in [0.5, 0.6) is 34.5 Å². The summed E-state index contributed by atoms with van der Waals surface area (Å²) in [7, 11) is 1.54. The molecule has 0 atom stereocenters. The van der Waals surface area contributed by atoms with E-state index in [4.69, 9.17) is 28.0 Å². The van der Waals surface area contributed by atoms with E-state index in [2.05, 4.69) is 0 Å². The summed E-state index contributed by atoms with van der Waals surface area (Å²) in [6.07, 6.45) is 0. The lowest BCUT2D eigenvalue weighted by Gasteiger charge is -2.19. The fraction of sp³-hybridized carbons (Fsp3) is 0.111. The van der Waals surface area contributed by atoms with Crippen LogP contribution in [0, 0.1) is 0 Å². The van der Waals surface area contributed by atoms with Crippen LogP contribution in [0.4, 0.5) is 0 Å². The second-order valence-corrected chi connectivity index (χ2v) is 11.9. The molecule has 0 saturated heterocycles. The Balaban J connectivity index is 1.67. The van der Waals surface area contributed by atoms with Crippen molar-refractivity contribution in [1.29, 1.82) is 0 Å². The number of hydrogen-bond acceptors (Lipinski definition) is 7. The van der Waals surface area contributed by atoms with E-state index in [9.17, 15) is 9.46 Å². The van der Waals surface area contributed by atoms with Gasteiger partial charge in [-0.25, -0.2) is 4.57 Å². The highest BCUT2D eigenvalue weighted by Gasteiger charge is 2.38. The van der Waals surface area contributed by atoms with Crippen LogP contribution in [0.1, 0.15) is 0 Å². The Bertz CT molecular complexity index is 1980. The Morgan fingerprint density at radius 2 is 0.889 bits per heavy atom. The lowest BCUT2D eigenvalue weighted by atomic mass is 9.86. The summed E-state index contributed by atoms with van der Waals surface area (Å²) in [5, 5.41) is 3.44. The van der Waals surface area contributed by atoms with Crippen molar-refractivity contribution in [2.45, 2.75) is 0 Å². The topological polar surface area (TPSA) is 92.7 Å². The average molecular weight is 621 g/mol. The van der Waals surface area contributed by atoms with Gasteiger partial charge in [-0.3, -0.25) is 4.89 Å². The van der Waals surface area contributed by atoms with Gasteiger partial charge in [0.15, 0.2) is 0 Å². The van der Waals surface area contributed by atoms with Crippen LogP contribution in [-0.2, 0) is 4.57 Å². The molecule has 7 rings (SSSR count). The lowest BCUT2D eigenvalue weighted by molar-refractivity contribution is 0.295. The first-order valence-electron chi connectivity index (χ1n) is 14.1. The maximum Gasteiger partial charge on any atom is 0.584 e. The molecule has 226 valence electrons. The molecule has 0 bridgehead atoms. The second-order valence-electron chi connectivity index (χ2n) is 10.6. The molecule has 0 radical (unpaired) electrons. The third-order valence-electron chi connectivity index (χ3n) is 7.99. The Morgan fingerprint density at radius 1 is 0.533 bits per heavy atom.